The molecule has 2 rings (SSSR count). The summed E-state index contributed by atoms with van der Waals surface area (Å²) in [6, 6.07) is 4.25. The van der Waals surface area contributed by atoms with Crippen LogP contribution in [0.1, 0.15) is 31.7 Å². The second-order valence-corrected chi connectivity index (χ2v) is 5.62. The smallest absolute Gasteiger partial charge is 0.191 e. The molecule has 2 N–H and O–H groups in total. The van der Waals surface area contributed by atoms with Crippen molar-refractivity contribution in [2.45, 2.75) is 32.7 Å². The second-order valence-electron chi connectivity index (χ2n) is 5.62. The number of aromatic nitrogens is 1. The topological polar surface area (TPSA) is 61.8 Å². The van der Waals surface area contributed by atoms with Crippen molar-refractivity contribution in [2.75, 3.05) is 44.8 Å². The molecule has 1 saturated heterocycles. The van der Waals surface area contributed by atoms with Crippen LogP contribution >= 0.6 is 0 Å². The Kier molecular flexibility index (Phi) is 7.66. The highest BCUT2D eigenvalue weighted by atomic mass is 16.5. The Morgan fingerprint density at radius 2 is 2.13 bits per heavy atom. The highest BCUT2D eigenvalue weighted by molar-refractivity contribution is 5.79. The van der Waals surface area contributed by atoms with E-state index in [1.165, 1.54) is 12.8 Å². The van der Waals surface area contributed by atoms with Crippen LogP contribution in [-0.4, -0.2) is 50.8 Å². The van der Waals surface area contributed by atoms with Crippen molar-refractivity contribution in [1.82, 2.24) is 15.6 Å². The fraction of sp³-hybridized carbons (Fsp3) is 0.647. The molecule has 128 valence electrons. The molecule has 1 aliphatic heterocycles. The maximum absolute atomic E-state index is 5.32. The summed E-state index contributed by atoms with van der Waals surface area (Å²) < 4.78 is 5.32. The number of guanidine groups is 1. The van der Waals surface area contributed by atoms with E-state index in [1.807, 2.05) is 13.1 Å². The maximum atomic E-state index is 5.32. The van der Waals surface area contributed by atoms with Crippen molar-refractivity contribution in [2.24, 2.45) is 4.99 Å². The molecule has 23 heavy (non-hydrogen) atoms. The SMILES string of the molecule is CCOCCCNC(=NC)NCc1ccc(N2CCCC2)nc1. The zero-order valence-electron chi connectivity index (χ0n) is 14.3. The first-order valence-electron chi connectivity index (χ1n) is 8.55. The van der Waals surface area contributed by atoms with Gasteiger partial charge in [-0.05, 0) is 37.8 Å². The predicted molar refractivity (Wildman–Crippen MR) is 95.0 cm³/mol. The lowest BCUT2D eigenvalue weighted by molar-refractivity contribution is 0.145. The first kappa shape index (κ1) is 17.5. The van der Waals surface area contributed by atoms with E-state index in [2.05, 4.69) is 37.6 Å². The van der Waals surface area contributed by atoms with Crippen LogP contribution in [0.25, 0.3) is 0 Å². The number of ether oxygens (including phenoxy) is 1. The molecule has 0 radical (unpaired) electrons. The van der Waals surface area contributed by atoms with Crippen LogP contribution in [0.4, 0.5) is 5.82 Å². The third-order valence-corrected chi connectivity index (χ3v) is 3.88. The van der Waals surface area contributed by atoms with Crippen LogP contribution in [0.2, 0.25) is 0 Å². The third kappa shape index (κ3) is 6.06. The molecule has 2 heterocycles. The van der Waals surface area contributed by atoms with Gasteiger partial charge in [-0.15, -0.1) is 0 Å². The lowest BCUT2D eigenvalue weighted by Gasteiger charge is -2.16. The van der Waals surface area contributed by atoms with Gasteiger partial charge in [0.05, 0.1) is 0 Å². The van der Waals surface area contributed by atoms with E-state index in [-0.39, 0.29) is 0 Å². The van der Waals surface area contributed by atoms with E-state index in [9.17, 15) is 0 Å². The van der Waals surface area contributed by atoms with Crippen LogP contribution in [-0.2, 0) is 11.3 Å². The Morgan fingerprint density at radius 1 is 1.30 bits per heavy atom. The number of hydrogen-bond donors (Lipinski definition) is 2. The van der Waals surface area contributed by atoms with E-state index in [1.54, 1.807) is 7.05 Å². The maximum Gasteiger partial charge on any atom is 0.191 e. The molecule has 1 aromatic heterocycles. The van der Waals surface area contributed by atoms with Crippen molar-refractivity contribution in [3.63, 3.8) is 0 Å². The molecule has 0 unspecified atom stereocenters. The number of pyridine rings is 1. The minimum absolute atomic E-state index is 0.721. The molecule has 0 aromatic carbocycles. The standard InChI is InChI=1S/C17H29N5O/c1-3-23-12-6-9-19-17(18-2)21-14-15-7-8-16(20-13-15)22-10-4-5-11-22/h7-8,13H,3-6,9-12,14H2,1-2H3,(H2,18,19,21). The van der Waals surface area contributed by atoms with Gasteiger partial charge in [-0.2, -0.15) is 0 Å². The molecule has 1 aliphatic rings. The highest BCUT2D eigenvalue weighted by Crippen LogP contribution is 2.17. The fourth-order valence-electron chi connectivity index (χ4n) is 2.59. The van der Waals surface area contributed by atoms with Crippen molar-refractivity contribution >= 4 is 11.8 Å². The van der Waals surface area contributed by atoms with Crippen LogP contribution in [0.15, 0.2) is 23.3 Å². The van der Waals surface area contributed by atoms with Gasteiger partial charge in [-0.1, -0.05) is 6.07 Å². The molecule has 1 aromatic rings. The summed E-state index contributed by atoms with van der Waals surface area (Å²) in [5.74, 6) is 1.90. The number of nitrogens with zero attached hydrogens (tertiary/aromatic N) is 3. The lowest BCUT2D eigenvalue weighted by Crippen LogP contribution is -2.37. The monoisotopic (exact) mass is 319 g/mol. The number of hydrogen-bond acceptors (Lipinski definition) is 4. The van der Waals surface area contributed by atoms with Crippen molar-refractivity contribution in [3.05, 3.63) is 23.9 Å². The zero-order valence-corrected chi connectivity index (χ0v) is 14.3. The van der Waals surface area contributed by atoms with Gasteiger partial charge >= 0.3 is 0 Å². The third-order valence-electron chi connectivity index (χ3n) is 3.88. The van der Waals surface area contributed by atoms with Crippen molar-refractivity contribution in [1.29, 1.82) is 0 Å². The van der Waals surface area contributed by atoms with E-state index in [4.69, 9.17) is 4.74 Å². The zero-order chi connectivity index (χ0) is 16.3. The quantitative estimate of drug-likeness (QED) is 0.434. The Balaban J connectivity index is 1.71. The molecular weight excluding hydrogens is 290 g/mol. The van der Waals surface area contributed by atoms with Gasteiger partial charge < -0.3 is 20.3 Å². The number of anilines is 1. The molecule has 0 saturated carbocycles. The van der Waals surface area contributed by atoms with E-state index < -0.39 is 0 Å². The normalized spacial score (nSPS) is 15.0. The summed E-state index contributed by atoms with van der Waals surface area (Å²) >= 11 is 0. The van der Waals surface area contributed by atoms with E-state index in [0.717, 1.165) is 63.2 Å². The minimum atomic E-state index is 0.721. The molecular formula is C17H29N5O. The van der Waals surface area contributed by atoms with Gasteiger partial charge in [0.1, 0.15) is 5.82 Å². The largest absolute Gasteiger partial charge is 0.382 e. The number of nitrogens with one attached hydrogen (secondary N) is 2. The number of aliphatic imine (C=N–C) groups is 1. The van der Waals surface area contributed by atoms with E-state index in [0.29, 0.717) is 0 Å². The summed E-state index contributed by atoms with van der Waals surface area (Å²) in [6.45, 7) is 7.39. The fourth-order valence-corrected chi connectivity index (χ4v) is 2.59. The van der Waals surface area contributed by atoms with Crippen LogP contribution < -0.4 is 15.5 Å². The Labute approximate surface area is 139 Å². The summed E-state index contributed by atoms with van der Waals surface area (Å²) in [6.07, 6.45) is 5.47. The molecule has 0 bridgehead atoms. The Morgan fingerprint density at radius 3 is 2.78 bits per heavy atom. The van der Waals surface area contributed by atoms with Crippen LogP contribution in [0.5, 0.6) is 0 Å². The molecule has 0 aliphatic carbocycles. The molecule has 6 nitrogen and oxygen atoms in total. The van der Waals surface area contributed by atoms with Gasteiger partial charge in [0, 0.05) is 52.6 Å². The average Bonchev–Trinajstić information content (AvgIpc) is 3.12. The number of rotatable bonds is 8. The van der Waals surface area contributed by atoms with Gasteiger partial charge in [-0.25, -0.2) is 4.98 Å². The molecule has 6 heteroatoms. The predicted octanol–water partition coefficient (Wildman–Crippen LogP) is 1.77. The average molecular weight is 319 g/mol. The van der Waals surface area contributed by atoms with E-state index >= 15 is 0 Å². The first-order chi connectivity index (χ1) is 11.3. The second kappa shape index (κ2) is 10.0. The summed E-state index contributed by atoms with van der Waals surface area (Å²) in [5.41, 5.74) is 1.16. The van der Waals surface area contributed by atoms with Crippen LogP contribution in [0.3, 0.4) is 0 Å². The van der Waals surface area contributed by atoms with Crippen molar-refractivity contribution < 1.29 is 4.74 Å². The lowest BCUT2D eigenvalue weighted by atomic mass is 10.3. The van der Waals surface area contributed by atoms with Gasteiger partial charge in [0.25, 0.3) is 0 Å². The molecule has 0 amide bonds. The molecule has 0 spiro atoms. The Hall–Kier alpha value is -1.82. The summed E-state index contributed by atoms with van der Waals surface area (Å²) in [4.78, 5) is 11.1. The first-order valence-corrected chi connectivity index (χ1v) is 8.55. The van der Waals surface area contributed by atoms with Crippen LogP contribution in [0, 0.1) is 0 Å². The highest BCUT2D eigenvalue weighted by Gasteiger charge is 2.12. The Bertz CT molecular complexity index is 468. The molecule has 1 fully saturated rings. The van der Waals surface area contributed by atoms with Crippen molar-refractivity contribution in [3.8, 4) is 0 Å². The minimum Gasteiger partial charge on any atom is -0.382 e. The van der Waals surface area contributed by atoms with Gasteiger partial charge in [0.15, 0.2) is 5.96 Å². The summed E-state index contributed by atoms with van der Waals surface area (Å²) in [5, 5.41) is 6.60. The molecule has 0 atom stereocenters. The van der Waals surface area contributed by atoms with Gasteiger partial charge in [0.2, 0.25) is 0 Å². The van der Waals surface area contributed by atoms with Gasteiger partial charge in [-0.3, -0.25) is 4.99 Å². The summed E-state index contributed by atoms with van der Waals surface area (Å²) in [7, 11) is 1.78.